The quantitative estimate of drug-likeness (QED) is 0.694. The Bertz CT molecular complexity index is 1150. The fourth-order valence-electron chi connectivity index (χ4n) is 4.50. The van der Waals surface area contributed by atoms with E-state index in [-0.39, 0.29) is 11.9 Å². The van der Waals surface area contributed by atoms with Gasteiger partial charge in [-0.15, -0.1) is 0 Å². The molecule has 1 atom stereocenters. The van der Waals surface area contributed by atoms with Gasteiger partial charge in [-0.05, 0) is 61.4 Å². The molecular formula is C22H21N3O4. The molecule has 2 aromatic carbocycles. The molecule has 1 unspecified atom stereocenters. The zero-order valence-corrected chi connectivity index (χ0v) is 16.5. The molecule has 2 aliphatic rings. The number of methoxy groups -OCH3 is 2. The first kappa shape index (κ1) is 17.6. The van der Waals surface area contributed by atoms with E-state index in [4.69, 9.17) is 9.47 Å². The van der Waals surface area contributed by atoms with E-state index in [2.05, 4.69) is 4.98 Å². The topological polar surface area (TPSA) is 74.9 Å². The van der Waals surface area contributed by atoms with Gasteiger partial charge in [-0.2, -0.15) is 0 Å². The molecular weight excluding hydrogens is 370 g/mol. The molecule has 0 bridgehead atoms. The number of nitrogens with one attached hydrogen (secondary N) is 1. The number of urea groups is 1. The number of hydrogen-bond acceptors (Lipinski definition) is 4. The fraction of sp³-hybridized carbons (Fsp3) is 0.273. The molecule has 148 valence electrons. The number of benzene rings is 2. The van der Waals surface area contributed by atoms with Crippen molar-refractivity contribution in [1.82, 2.24) is 9.88 Å². The van der Waals surface area contributed by atoms with Crippen molar-refractivity contribution in [3.8, 4) is 11.5 Å². The van der Waals surface area contributed by atoms with Crippen LogP contribution in [-0.4, -0.2) is 42.6 Å². The normalized spacial score (nSPS) is 20.8. The Hall–Kier alpha value is -3.48. The van der Waals surface area contributed by atoms with Gasteiger partial charge in [0, 0.05) is 17.4 Å². The molecule has 5 rings (SSSR count). The third-order valence-corrected chi connectivity index (χ3v) is 6.10. The van der Waals surface area contributed by atoms with E-state index in [1.54, 1.807) is 43.4 Å². The standard InChI is InChI=1S/C22H21N3O4/c1-22-19-16(17-12-15(29-3)8-9-18(17)23-19)10-11-24(22)21(27)25(20(22)26)13-4-6-14(28-2)7-5-13/h4-9,12,23H,10-11H2,1-3H3. The number of amides is 3. The van der Waals surface area contributed by atoms with Crippen LogP contribution >= 0.6 is 0 Å². The van der Waals surface area contributed by atoms with Gasteiger partial charge in [0.15, 0.2) is 5.54 Å². The number of aromatic amines is 1. The predicted molar refractivity (Wildman–Crippen MR) is 108 cm³/mol. The van der Waals surface area contributed by atoms with Crippen LogP contribution in [0.15, 0.2) is 42.5 Å². The number of rotatable bonds is 3. The van der Waals surface area contributed by atoms with Gasteiger partial charge < -0.3 is 19.4 Å². The van der Waals surface area contributed by atoms with Gasteiger partial charge in [-0.1, -0.05) is 0 Å². The second-order valence-corrected chi connectivity index (χ2v) is 7.49. The highest BCUT2D eigenvalue weighted by Crippen LogP contribution is 2.45. The van der Waals surface area contributed by atoms with E-state index in [0.29, 0.717) is 24.4 Å². The number of carbonyl (C=O) groups excluding carboxylic acids is 2. The van der Waals surface area contributed by atoms with Crippen LogP contribution < -0.4 is 14.4 Å². The predicted octanol–water partition coefficient (Wildman–Crippen LogP) is 3.43. The fourth-order valence-corrected chi connectivity index (χ4v) is 4.50. The average molecular weight is 391 g/mol. The van der Waals surface area contributed by atoms with Crippen molar-refractivity contribution in [1.29, 1.82) is 0 Å². The van der Waals surface area contributed by atoms with Crippen LogP contribution in [0.4, 0.5) is 10.5 Å². The second kappa shape index (κ2) is 6.01. The van der Waals surface area contributed by atoms with E-state index in [1.807, 2.05) is 25.1 Å². The Morgan fingerprint density at radius 2 is 1.69 bits per heavy atom. The van der Waals surface area contributed by atoms with Crippen LogP contribution in [-0.2, 0) is 16.8 Å². The molecule has 0 saturated carbocycles. The first-order valence-electron chi connectivity index (χ1n) is 9.48. The molecule has 3 heterocycles. The summed E-state index contributed by atoms with van der Waals surface area (Å²) in [6.45, 7) is 2.30. The minimum Gasteiger partial charge on any atom is -0.497 e. The van der Waals surface area contributed by atoms with E-state index in [9.17, 15) is 9.59 Å². The van der Waals surface area contributed by atoms with Crippen LogP contribution in [0.3, 0.4) is 0 Å². The lowest BCUT2D eigenvalue weighted by Gasteiger charge is -2.35. The largest absolute Gasteiger partial charge is 0.497 e. The summed E-state index contributed by atoms with van der Waals surface area (Å²) in [5.41, 5.74) is 2.24. The third-order valence-electron chi connectivity index (χ3n) is 6.10. The highest BCUT2D eigenvalue weighted by Gasteiger charge is 2.59. The summed E-state index contributed by atoms with van der Waals surface area (Å²) in [6.07, 6.45) is 0.674. The smallest absolute Gasteiger partial charge is 0.332 e. The Kier molecular flexibility index (Phi) is 3.65. The van der Waals surface area contributed by atoms with Gasteiger partial charge in [0.2, 0.25) is 0 Å². The maximum absolute atomic E-state index is 13.6. The number of anilines is 1. The molecule has 1 saturated heterocycles. The second-order valence-electron chi connectivity index (χ2n) is 7.49. The van der Waals surface area contributed by atoms with Crippen molar-refractivity contribution in [2.24, 2.45) is 0 Å². The summed E-state index contributed by atoms with van der Waals surface area (Å²) < 4.78 is 10.5. The lowest BCUT2D eigenvalue weighted by atomic mass is 9.87. The van der Waals surface area contributed by atoms with Crippen molar-refractivity contribution >= 4 is 28.5 Å². The van der Waals surface area contributed by atoms with Gasteiger partial charge in [0.1, 0.15) is 11.5 Å². The summed E-state index contributed by atoms with van der Waals surface area (Å²) in [5, 5.41) is 1.03. The number of fused-ring (bicyclic) bond motifs is 5. The molecule has 3 aromatic rings. The summed E-state index contributed by atoms with van der Waals surface area (Å²) in [4.78, 5) is 33.1. The van der Waals surface area contributed by atoms with Gasteiger partial charge >= 0.3 is 6.03 Å². The van der Waals surface area contributed by atoms with Crippen LogP contribution in [0.2, 0.25) is 0 Å². The molecule has 2 aliphatic heterocycles. The van der Waals surface area contributed by atoms with Crippen LogP contribution in [0.1, 0.15) is 18.2 Å². The minimum atomic E-state index is -1.07. The highest BCUT2D eigenvalue weighted by atomic mass is 16.5. The monoisotopic (exact) mass is 391 g/mol. The maximum atomic E-state index is 13.6. The van der Waals surface area contributed by atoms with E-state index < -0.39 is 5.54 Å². The zero-order valence-electron chi connectivity index (χ0n) is 16.5. The Balaban J connectivity index is 1.64. The average Bonchev–Trinajstić information content (AvgIpc) is 3.21. The first-order chi connectivity index (χ1) is 14.0. The summed E-state index contributed by atoms with van der Waals surface area (Å²) in [6, 6.07) is 12.5. The van der Waals surface area contributed by atoms with Crippen LogP contribution in [0.5, 0.6) is 11.5 Å². The number of imide groups is 1. The molecule has 7 nitrogen and oxygen atoms in total. The lowest BCUT2D eigenvalue weighted by molar-refractivity contribution is -0.125. The van der Waals surface area contributed by atoms with Crippen molar-refractivity contribution in [3.05, 3.63) is 53.7 Å². The molecule has 0 radical (unpaired) electrons. The number of nitrogens with zero attached hydrogens (tertiary/aromatic N) is 2. The minimum absolute atomic E-state index is 0.257. The van der Waals surface area contributed by atoms with Crippen LogP contribution in [0, 0.1) is 0 Å². The Labute approximate surface area is 167 Å². The molecule has 3 amide bonds. The van der Waals surface area contributed by atoms with Gasteiger partial charge in [0.05, 0.1) is 25.6 Å². The molecule has 0 spiro atoms. The first-order valence-corrected chi connectivity index (χ1v) is 9.48. The Morgan fingerprint density at radius 1 is 1.00 bits per heavy atom. The SMILES string of the molecule is COc1ccc(N2C(=O)N3CCc4c([nH]c5ccc(OC)cc45)C3(C)C2=O)cc1. The molecule has 1 fully saturated rings. The van der Waals surface area contributed by atoms with Crippen molar-refractivity contribution < 1.29 is 19.1 Å². The number of hydrogen-bond donors (Lipinski definition) is 1. The van der Waals surface area contributed by atoms with Gasteiger partial charge in [0.25, 0.3) is 5.91 Å². The van der Waals surface area contributed by atoms with Crippen molar-refractivity contribution in [2.75, 3.05) is 25.7 Å². The number of ether oxygens (including phenoxy) is 2. The number of carbonyl (C=O) groups is 2. The van der Waals surface area contributed by atoms with Gasteiger partial charge in [-0.25, -0.2) is 9.69 Å². The highest BCUT2D eigenvalue weighted by molar-refractivity contribution is 6.23. The molecule has 0 aliphatic carbocycles. The maximum Gasteiger partial charge on any atom is 0.332 e. The summed E-state index contributed by atoms with van der Waals surface area (Å²) >= 11 is 0. The number of H-pyrrole nitrogens is 1. The van der Waals surface area contributed by atoms with Crippen LogP contribution in [0.25, 0.3) is 10.9 Å². The lowest BCUT2D eigenvalue weighted by Crippen LogP contribution is -2.49. The molecule has 29 heavy (non-hydrogen) atoms. The number of aromatic nitrogens is 1. The zero-order chi connectivity index (χ0) is 20.3. The molecule has 1 aromatic heterocycles. The van der Waals surface area contributed by atoms with Crippen molar-refractivity contribution in [3.63, 3.8) is 0 Å². The van der Waals surface area contributed by atoms with E-state index in [1.165, 1.54) is 4.90 Å². The van der Waals surface area contributed by atoms with Gasteiger partial charge in [-0.3, -0.25) is 4.79 Å². The van der Waals surface area contributed by atoms with E-state index >= 15 is 0 Å². The third kappa shape index (κ3) is 2.24. The Morgan fingerprint density at radius 3 is 2.38 bits per heavy atom. The summed E-state index contributed by atoms with van der Waals surface area (Å²) in [5.74, 6) is 1.18. The van der Waals surface area contributed by atoms with Crippen molar-refractivity contribution in [2.45, 2.75) is 18.9 Å². The van der Waals surface area contributed by atoms with E-state index in [0.717, 1.165) is 27.9 Å². The molecule has 7 heteroatoms. The summed E-state index contributed by atoms with van der Waals surface area (Å²) in [7, 11) is 3.21. The molecule has 1 N–H and O–H groups in total.